The van der Waals surface area contributed by atoms with Crippen LogP contribution in [0.5, 0.6) is 0 Å². The smallest absolute Gasteiger partial charge is 0.0588 e. The number of unbranched alkanes of at least 4 members (excludes halogenated alkanes) is 16. The minimum atomic E-state index is -0.0554. The fraction of sp³-hybridized carbons (Fsp3) is 0.392. The van der Waals surface area contributed by atoms with Crippen molar-refractivity contribution in [3.63, 3.8) is 0 Å². The third-order valence-corrected chi connectivity index (χ3v) is 18.3. The lowest BCUT2D eigenvalue weighted by Crippen LogP contribution is -2.26. The van der Waals surface area contributed by atoms with Crippen LogP contribution in [-0.4, -0.2) is 4.57 Å². The number of hydrogen-bond acceptors (Lipinski definition) is 1. The number of anilines is 3. The molecular weight excluding hydrogens is 977 g/mol. The van der Waals surface area contributed by atoms with E-state index < -0.39 is 0 Å². The third kappa shape index (κ3) is 12.9. The van der Waals surface area contributed by atoms with E-state index in [1.807, 2.05) is 0 Å². The molecule has 0 radical (unpaired) electrons. The largest absolute Gasteiger partial charge is 0.311 e. The zero-order chi connectivity index (χ0) is 56.0. The predicted octanol–water partition coefficient (Wildman–Crippen LogP) is 24.2. The fourth-order valence-corrected chi connectivity index (χ4v) is 13.9. The third-order valence-electron chi connectivity index (χ3n) is 18.3. The summed E-state index contributed by atoms with van der Waals surface area (Å²) >= 11 is 0. The zero-order valence-electron chi connectivity index (χ0n) is 50.5. The van der Waals surface area contributed by atoms with E-state index >= 15 is 0 Å². The first kappa shape index (κ1) is 57.6. The summed E-state index contributed by atoms with van der Waals surface area (Å²) in [5.41, 5.74) is 24.6. The first-order valence-corrected chi connectivity index (χ1v) is 32.3. The van der Waals surface area contributed by atoms with Gasteiger partial charge in [-0.1, -0.05) is 270 Å². The number of rotatable bonds is 30. The number of para-hydroxylation sites is 1. The molecular formula is C79H94N2. The number of fused-ring (bicyclic) bond motifs is 7. The highest BCUT2D eigenvalue weighted by molar-refractivity contribution is 6.13. The Morgan fingerprint density at radius 3 is 1.48 bits per heavy atom. The van der Waals surface area contributed by atoms with Gasteiger partial charge in [-0.25, -0.2) is 0 Å². The molecule has 0 saturated heterocycles. The lowest BCUT2D eigenvalue weighted by atomic mass is 9.70. The van der Waals surface area contributed by atoms with E-state index in [-0.39, 0.29) is 5.41 Å². The van der Waals surface area contributed by atoms with Gasteiger partial charge in [-0.15, -0.1) is 0 Å². The molecule has 1 aliphatic rings. The Morgan fingerprint density at radius 2 is 0.864 bits per heavy atom. The summed E-state index contributed by atoms with van der Waals surface area (Å²) in [5.74, 6) is 0. The SMILES string of the molecule is CCCCCCCCC1(CCCCCCCC)c2cc(C)ccc2-c2ccc3c4ccccc4n(-c4cc(CCCCCC)c(-c5ccc(N(c6ccc(C)cc6)c6ccc(-c7ccccc7)cc6)cc5)cc4CCCCCC)c3c21. The molecule has 0 fully saturated rings. The Bertz CT molecular complexity index is 3410. The second kappa shape index (κ2) is 27.9. The van der Waals surface area contributed by atoms with Gasteiger partial charge in [0.2, 0.25) is 0 Å². The van der Waals surface area contributed by atoms with Gasteiger partial charge in [-0.2, -0.15) is 0 Å². The normalized spacial score (nSPS) is 12.6. The van der Waals surface area contributed by atoms with E-state index in [9.17, 15) is 0 Å². The highest BCUT2D eigenvalue weighted by Crippen LogP contribution is 2.58. The van der Waals surface area contributed by atoms with Gasteiger partial charge < -0.3 is 9.47 Å². The Morgan fingerprint density at radius 1 is 0.370 bits per heavy atom. The van der Waals surface area contributed by atoms with Crippen LogP contribution in [0.15, 0.2) is 170 Å². The molecule has 2 nitrogen and oxygen atoms in total. The Labute approximate surface area is 489 Å². The van der Waals surface area contributed by atoms with Crippen LogP contribution in [0.2, 0.25) is 0 Å². The van der Waals surface area contributed by atoms with Crippen molar-refractivity contribution in [3.8, 4) is 39.1 Å². The van der Waals surface area contributed by atoms with Crippen LogP contribution < -0.4 is 4.90 Å². The van der Waals surface area contributed by atoms with Crippen LogP contribution in [0.1, 0.15) is 202 Å². The van der Waals surface area contributed by atoms with Gasteiger partial charge in [0.25, 0.3) is 0 Å². The molecule has 2 heteroatoms. The average molecular weight is 1070 g/mol. The maximum atomic E-state index is 2.83. The lowest BCUT2D eigenvalue weighted by molar-refractivity contribution is 0.399. The molecule has 1 aromatic heterocycles. The molecule has 0 bridgehead atoms. The number of aryl methyl sites for hydroxylation is 4. The molecule has 0 amide bonds. The minimum absolute atomic E-state index is 0.0554. The van der Waals surface area contributed by atoms with Gasteiger partial charge in [-0.05, 0) is 163 Å². The van der Waals surface area contributed by atoms with E-state index in [1.54, 1.807) is 11.1 Å². The van der Waals surface area contributed by atoms with Crippen molar-refractivity contribution in [3.05, 3.63) is 203 Å². The first-order valence-electron chi connectivity index (χ1n) is 32.3. The van der Waals surface area contributed by atoms with Crippen molar-refractivity contribution in [1.29, 1.82) is 0 Å². The fourth-order valence-electron chi connectivity index (χ4n) is 13.9. The van der Waals surface area contributed by atoms with Crippen molar-refractivity contribution in [2.75, 3.05) is 4.90 Å². The van der Waals surface area contributed by atoms with Crippen LogP contribution in [0.4, 0.5) is 17.1 Å². The van der Waals surface area contributed by atoms with Gasteiger partial charge in [-0.3, -0.25) is 0 Å². The second-order valence-electron chi connectivity index (χ2n) is 24.3. The molecule has 8 aromatic carbocycles. The summed E-state index contributed by atoms with van der Waals surface area (Å²) in [6.45, 7) is 13.9. The molecule has 420 valence electrons. The molecule has 0 atom stereocenters. The first-order chi connectivity index (χ1) is 39.9. The highest BCUT2D eigenvalue weighted by Gasteiger charge is 2.45. The minimum Gasteiger partial charge on any atom is -0.311 e. The van der Waals surface area contributed by atoms with E-state index in [2.05, 4.69) is 221 Å². The predicted molar refractivity (Wildman–Crippen MR) is 354 cm³/mol. The summed E-state index contributed by atoms with van der Waals surface area (Å²) < 4.78 is 2.83. The topological polar surface area (TPSA) is 8.17 Å². The van der Waals surface area contributed by atoms with E-state index in [0.717, 1.165) is 29.9 Å². The van der Waals surface area contributed by atoms with Crippen LogP contribution in [0, 0.1) is 13.8 Å². The lowest BCUT2D eigenvalue weighted by Gasteiger charge is -2.34. The van der Waals surface area contributed by atoms with Crippen LogP contribution >= 0.6 is 0 Å². The monoisotopic (exact) mass is 1070 g/mol. The molecule has 0 unspecified atom stereocenters. The molecule has 0 spiro atoms. The maximum Gasteiger partial charge on any atom is 0.0588 e. The Hall–Kier alpha value is -6.64. The quantitative estimate of drug-likeness (QED) is 0.0408. The zero-order valence-corrected chi connectivity index (χ0v) is 50.5. The summed E-state index contributed by atoms with van der Waals surface area (Å²) in [5, 5.41) is 2.79. The summed E-state index contributed by atoms with van der Waals surface area (Å²) in [6, 6.07) is 65.8. The van der Waals surface area contributed by atoms with Crippen LogP contribution in [0.25, 0.3) is 60.9 Å². The van der Waals surface area contributed by atoms with Gasteiger partial charge in [0.15, 0.2) is 0 Å². The number of hydrogen-bond donors (Lipinski definition) is 0. The summed E-state index contributed by atoms with van der Waals surface area (Å²) in [4.78, 5) is 2.42. The van der Waals surface area contributed by atoms with Gasteiger partial charge in [0, 0.05) is 38.9 Å². The van der Waals surface area contributed by atoms with Gasteiger partial charge in [0.1, 0.15) is 0 Å². The highest BCUT2D eigenvalue weighted by atomic mass is 15.1. The maximum absolute atomic E-state index is 2.83. The van der Waals surface area contributed by atoms with Crippen molar-refractivity contribution in [1.82, 2.24) is 4.57 Å². The standard InChI is InChI=1S/C79H94N2/c1-7-11-15-19-21-30-54-79(55-31-22-20-16-12-8-2)74-56-60(6)40-51-69(74)71-52-53-72-70-36-28-29-37-75(70)81(78(72)77(71)79)76-58-64(34-24-17-13-9-3)73(57-65(76)35-25-18-14-10-4)63-43-49-68(50-44-63)80(66-45-38-59(5)39-46-66)67-47-41-62(42-48-67)61-32-26-23-27-33-61/h23,26-29,32-33,36-53,56-58H,7-22,24-25,30-31,34-35,54-55H2,1-6H3. The van der Waals surface area contributed by atoms with Gasteiger partial charge >= 0.3 is 0 Å². The summed E-state index contributed by atoms with van der Waals surface area (Å²) in [6.07, 6.45) is 30.2. The molecule has 0 N–H and O–H groups in total. The Kier molecular flexibility index (Phi) is 19.8. The number of nitrogens with zero attached hydrogens (tertiary/aromatic N) is 2. The second-order valence-corrected chi connectivity index (χ2v) is 24.3. The number of aromatic nitrogens is 1. The van der Waals surface area contributed by atoms with E-state index in [4.69, 9.17) is 0 Å². The van der Waals surface area contributed by atoms with Crippen molar-refractivity contribution < 1.29 is 0 Å². The van der Waals surface area contributed by atoms with E-state index in [1.165, 1.54) is 224 Å². The van der Waals surface area contributed by atoms with Crippen molar-refractivity contribution in [2.24, 2.45) is 0 Å². The molecule has 1 aliphatic carbocycles. The van der Waals surface area contributed by atoms with Crippen molar-refractivity contribution in [2.45, 2.75) is 201 Å². The molecule has 81 heavy (non-hydrogen) atoms. The molecule has 9 aromatic rings. The average Bonchev–Trinajstić information content (AvgIpc) is 4.18. The van der Waals surface area contributed by atoms with E-state index in [0.29, 0.717) is 0 Å². The molecule has 10 rings (SSSR count). The van der Waals surface area contributed by atoms with Crippen molar-refractivity contribution >= 4 is 38.9 Å². The molecule has 0 saturated carbocycles. The molecule has 1 heterocycles. The molecule has 0 aliphatic heterocycles. The summed E-state index contributed by atoms with van der Waals surface area (Å²) in [7, 11) is 0. The Balaban J connectivity index is 1.15. The van der Waals surface area contributed by atoms with Crippen LogP contribution in [-0.2, 0) is 18.3 Å². The number of benzene rings is 8. The van der Waals surface area contributed by atoms with Gasteiger partial charge in [0.05, 0.1) is 11.0 Å². The van der Waals surface area contributed by atoms with Crippen LogP contribution in [0.3, 0.4) is 0 Å².